The van der Waals surface area contributed by atoms with E-state index in [-0.39, 0.29) is 29.3 Å². The van der Waals surface area contributed by atoms with Crippen molar-refractivity contribution < 1.29 is 19.1 Å². The molecule has 7 nitrogen and oxygen atoms in total. The number of ether oxygens (including phenoxy) is 1. The van der Waals surface area contributed by atoms with Crippen molar-refractivity contribution in [2.75, 3.05) is 24.3 Å². The van der Waals surface area contributed by atoms with Crippen LogP contribution in [0.25, 0.3) is 5.57 Å². The largest absolute Gasteiger partial charge is 0.495 e. The minimum Gasteiger partial charge on any atom is -0.495 e. The minimum absolute atomic E-state index is 0.131. The highest BCUT2D eigenvalue weighted by Gasteiger charge is 2.39. The molecule has 156 valence electrons. The van der Waals surface area contributed by atoms with Gasteiger partial charge in [-0.1, -0.05) is 38.1 Å². The number of hydrogen-bond acceptors (Lipinski definition) is 5. The van der Waals surface area contributed by atoms with Gasteiger partial charge >= 0.3 is 0 Å². The Labute approximate surface area is 175 Å². The zero-order chi connectivity index (χ0) is 21.8. The molecule has 0 radical (unpaired) electrons. The molecule has 3 rings (SSSR count). The molecule has 0 saturated heterocycles. The molecule has 0 fully saturated rings. The van der Waals surface area contributed by atoms with E-state index in [9.17, 15) is 14.4 Å². The first-order valence-electron chi connectivity index (χ1n) is 9.70. The molecule has 0 unspecified atom stereocenters. The Hall–Kier alpha value is -3.61. The lowest BCUT2D eigenvalue weighted by atomic mass is 10.0. The summed E-state index contributed by atoms with van der Waals surface area (Å²) in [6.07, 6.45) is 0. The molecular weight excluding hydrogens is 382 g/mol. The molecule has 2 aromatic carbocycles. The topological polar surface area (TPSA) is 87.7 Å². The van der Waals surface area contributed by atoms with E-state index in [1.54, 1.807) is 43.5 Å². The van der Waals surface area contributed by atoms with Gasteiger partial charge in [-0.25, -0.2) is 0 Å². The number of anilines is 2. The van der Waals surface area contributed by atoms with Crippen LogP contribution in [0.2, 0.25) is 0 Å². The molecule has 0 aromatic heterocycles. The molecule has 0 aliphatic carbocycles. The first kappa shape index (κ1) is 21.1. The number of nitrogens with zero attached hydrogens (tertiary/aromatic N) is 1. The summed E-state index contributed by atoms with van der Waals surface area (Å²) in [4.78, 5) is 38.8. The number of nitrogens with one attached hydrogen (secondary N) is 2. The zero-order valence-corrected chi connectivity index (χ0v) is 17.5. The van der Waals surface area contributed by atoms with Gasteiger partial charge in [0.05, 0.1) is 18.4 Å². The molecule has 0 atom stereocenters. The van der Waals surface area contributed by atoms with Crippen LogP contribution in [-0.4, -0.2) is 36.3 Å². The van der Waals surface area contributed by atoms with Crippen LogP contribution >= 0.6 is 0 Å². The maximum absolute atomic E-state index is 13.2. The Balaban J connectivity index is 2.05. The van der Waals surface area contributed by atoms with Gasteiger partial charge in [-0.3, -0.25) is 19.3 Å². The van der Waals surface area contributed by atoms with E-state index in [0.29, 0.717) is 34.8 Å². The second-order valence-corrected chi connectivity index (χ2v) is 7.45. The predicted molar refractivity (Wildman–Crippen MR) is 116 cm³/mol. The van der Waals surface area contributed by atoms with Crippen LogP contribution in [0.1, 0.15) is 26.3 Å². The van der Waals surface area contributed by atoms with E-state index in [4.69, 9.17) is 4.74 Å². The Morgan fingerprint density at radius 2 is 1.70 bits per heavy atom. The monoisotopic (exact) mass is 407 g/mol. The van der Waals surface area contributed by atoms with Crippen molar-refractivity contribution in [2.24, 2.45) is 5.92 Å². The lowest BCUT2D eigenvalue weighted by molar-refractivity contribution is -0.137. The lowest BCUT2D eigenvalue weighted by Gasteiger charge is -2.17. The fourth-order valence-electron chi connectivity index (χ4n) is 3.30. The molecule has 0 spiro atoms. The van der Waals surface area contributed by atoms with Crippen molar-refractivity contribution in [1.82, 2.24) is 4.90 Å². The Morgan fingerprint density at radius 1 is 1.03 bits per heavy atom. The number of hydrogen-bond donors (Lipinski definition) is 2. The summed E-state index contributed by atoms with van der Waals surface area (Å²) in [5, 5.41) is 5.81. The highest BCUT2D eigenvalue weighted by molar-refractivity contribution is 6.36. The van der Waals surface area contributed by atoms with E-state index in [1.165, 1.54) is 11.8 Å². The third-order valence-electron chi connectivity index (χ3n) is 4.58. The van der Waals surface area contributed by atoms with Crippen molar-refractivity contribution in [2.45, 2.75) is 20.8 Å². The van der Waals surface area contributed by atoms with Gasteiger partial charge in [0, 0.05) is 19.2 Å². The summed E-state index contributed by atoms with van der Waals surface area (Å²) < 4.78 is 5.37. The van der Waals surface area contributed by atoms with Crippen molar-refractivity contribution in [3.05, 3.63) is 59.8 Å². The molecular formula is C23H25N3O4. The molecule has 0 bridgehead atoms. The summed E-state index contributed by atoms with van der Waals surface area (Å²) in [7, 11) is 1.54. The molecule has 1 heterocycles. The van der Waals surface area contributed by atoms with Gasteiger partial charge in [-0.2, -0.15) is 0 Å². The number of methoxy groups -OCH3 is 1. The van der Waals surface area contributed by atoms with Crippen LogP contribution in [0.15, 0.2) is 54.2 Å². The van der Waals surface area contributed by atoms with Crippen LogP contribution in [0, 0.1) is 5.92 Å². The molecule has 30 heavy (non-hydrogen) atoms. The van der Waals surface area contributed by atoms with Gasteiger partial charge in [-0.05, 0) is 35.7 Å². The van der Waals surface area contributed by atoms with Crippen molar-refractivity contribution in [1.29, 1.82) is 0 Å². The molecule has 1 aliphatic rings. The second-order valence-electron chi connectivity index (χ2n) is 7.45. The number of rotatable bonds is 7. The summed E-state index contributed by atoms with van der Waals surface area (Å²) in [5.74, 6) is -0.213. The number of benzene rings is 2. The fourth-order valence-corrected chi connectivity index (χ4v) is 3.30. The highest BCUT2D eigenvalue weighted by Crippen LogP contribution is 2.34. The van der Waals surface area contributed by atoms with Gasteiger partial charge in [0.1, 0.15) is 11.4 Å². The average Bonchev–Trinajstić information content (AvgIpc) is 2.93. The number of amides is 3. The van der Waals surface area contributed by atoms with E-state index in [1.807, 2.05) is 26.0 Å². The van der Waals surface area contributed by atoms with Crippen LogP contribution in [-0.2, 0) is 14.4 Å². The SMILES string of the molecule is COc1ccccc1NC1=C(c2ccc(NC(C)=O)cc2)C(=O)N(CC(C)C)C1=O. The van der Waals surface area contributed by atoms with Gasteiger partial charge in [0.2, 0.25) is 5.91 Å². The van der Waals surface area contributed by atoms with Gasteiger partial charge in [-0.15, -0.1) is 0 Å². The summed E-state index contributed by atoms with van der Waals surface area (Å²) >= 11 is 0. The molecule has 2 aromatic rings. The third-order valence-corrected chi connectivity index (χ3v) is 4.58. The van der Waals surface area contributed by atoms with Gasteiger partial charge < -0.3 is 15.4 Å². The van der Waals surface area contributed by atoms with E-state index in [0.717, 1.165) is 0 Å². The maximum atomic E-state index is 13.2. The van der Waals surface area contributed by atoms with Gasteiger partial charge in [0.15, 0.2) is 0 Å². The first-order valence-corrected chi connectivity index (χ1v) is 9.70. The average molecular weight is 407 g/mol. The Bertz CT molecular complexity index is 1010. The third kappa shape index (κ3) is 4.35. The lowest BCUT2D eigenvalue weighted by Crippen LogP contribution is -2.35. The number of carbonyl (C=O) groups excluding carboxylic acids is 3. The van der Waals surface area contributed by atoms with E-state index >= 15 is 0 Å². The molecule has 7 heteroatoms. The Kier molecular flexibility index (Phi) is 6.20. The fraction of sp³-hybridized carbons (Fsp3) is 0.261. The van der Waals surface area contributed by atoms with Gasteiger partial charge in [0.25, 0.3) is 11.8 Å². The molecule has 2 N–H and O–H groups in total. The number of imide groups is 1. The minimum atomic E-state index is -0.374. The standard InChI is InChI=1S/C23H25N3O4/c1-14(2)13-26-22(28)20(16-9-11-17(12-10-16)24-15(3)27)21(23(26)29)25-18-7-5-6-8-19(18)30-4/h5-12,14,25H,13H2,1-4H3,(H,24,27). The summed E-state index contributed by atoms with van der Waals surface area (Å²) in [6.45, 7) is 5.65. The van der Waals surface area contributed by atoms with Crippen LogP contribution in [0.4, 0.5) is 11.4 Å². The second kappa shape index (κ2) is 8.82. The summed E-state index contributed by atoms with van der Waals surface area (Å²) in [6, 6.07) is 14.0. The van der Waals surface area contributed by atoms with E-state index in [2.05, 4.69) is 10.6 Å². The van der Waals surface area contributed by atoms with Crippen LogP contribution in [0.3, 0.4) is 0 Å². The van der Waals surface area contributed by atoms with Crippen molar-refractivity contribution in [3.63, 3.8) is 0 Å². The summed E-state index contributed by atoms with van der Waals surface area (Å²) in [5.41, 5.74) is 2.29. The highest BCUT2D eigenvalue weighted by atomic mass is 16.5. The molecule has 3 amide bonds. The predicted octanol–water partition coefficient (Wildman–Crippen LogP) is 3.50. The maximum Gasteiger partial charge on any atom is 0.278 e. The molecule has 1 aliphatic heterocycles. The Morgan fingerprint density at radius 3 is 2.30 bits per heavy atom. The first-order chi connectivity index (χ1) is 14.3. The van der Waals surface area contributed by atoms with Crippen LogP contribution in [0.5, 0.6) is 5.75 Å². The quantitative estimate of drug-likeness (QED) is 0.686. The molecule has 0 saturated carbocycles. The van der Waals surface area contributed by atoms with Crippen molar-refractivity contribution in [3.8, 4) is 5.75 Å². The smallest absolute Gasteiger partial charge is 0.278 e. The zero-order valence-electron chi connectivity index (χ0n) is 17.5. The van der Waals surface area contributed by atoms with Crippen molar-refractivity contribution >= 4 is 34.7 Å². The number of carbonyl (C=O) groups is 3. The van der Waals surface area contributed by atoms with E-state index < -0.39 is 0 Å². The normalized spacial score (nSPS) is 13.8. The van der Waals surface area contributed by atoms with Crippen LogP contribution < -0.4 is 15.4 Å². The number of para-hydroxylation sites is 2.